The third-order valence-electron chi connectivity index (χ3n) is 2.80. The molecule has 0 aromatic heterocycles. The highest BCUT2D eigenvalue weighted by atomic mass is 35.5. The summed E-state index contributed by atoms with van der Waals surface area (Å²) in [5.74, 6) is -1.46. The summed E-state index contributed by atoms with van der Waals surface area (Å²) in [7, 11) is 0. The predicted molar refractivity (Wildman–Crippen MR) is 75.9 cm³/mol. The number of aliphatic hydroxyl groups excluding tert-OH is 1. The monoisotopic (exact) mass is 310 g/mol. The molecule has 0 aliphatic heterocycles. The van der Waals surface area contributed by atoms with E-state index in [-0.39, 0.29) is 17.9 Å². The van der Waals surface area contributed by atoms with Gasteiger partial charge < -0.3 is 14.9 Å². The van der Waals surface area contributed by atoms with Gasteiger partial charge in [0.25, 0.3) is 0 Å². The Kier molecular flexibility index (Phi) is 4.77. The lowest BCUT2D eigenvalue weighted by Crippen LogP contribution is -2.10. The van der Waals surface area contributed by atoms with Crippen molar-refractivity contribution in [2.75, 3.05) is 6.61 Å². The largest absolute Gasteiger partial charge is 0.481 e. The molecule has 0 radical (unpaired) electrons. The van der Waals surface area contributed by atoms with Gasteiger partial charge in [0, 0.05) is 16.1 Å². The van der Waals surface area contributed by atoms with E-state index in [1.807, 2.05) is 0 Å². The number of carboxylic acid groups (broad SMARTS) is 1. The second kappa shape index (κ2) is 6.56. The van der Waals surface area contributed by atoms with Crippen LogP contribution in [0.1, 0.15) is 5.56 Å². The van der Waals surface area contributed by atoms with Gasteiger partial charge in [-0.2, -0.15) is 0 Å². The number of rotatable bonds is 5. The fourth-order valence-electron chi connectivity index (χ4n) is 1.85. The Bertz CT molecular complexity index is 673. The molecule has 0 unspecified atom stereocenters. The third kappa shape index (κ3) is 3.71. The summed E-state index contributed by atoms with van der Waals surface area (Å²) in [6, 6.07) is 8.77. The van der Waals surface area contributed by atoms with Gasteiger partial charge in [0.2, 0.25) is 0 Å². The van der Waals surface area contributed by atoms with Crippen molar-refractivity contribution in [1.29, 1.82) is 0 Å². The number of aliphatic carboxylic acids is 1. The van der Waals surface area contributed by atoms with Crippen molar-refractivity contribution in [3.63, 3.8) is 0 Å². The number of aliphatic hydroxyl groups is 1. The predicted octanol–water partition coefficient (Wildman–Crippen LogP) is 3.10. The van der Waals surface area contributed by atoms with Crippen molar-refractivity contribution < 1.29 is 24.1 Å². The first-order valence-electron chi connectivity index (χ1n) is 6.05. The summed E-state index contributed by atoms with van der Waals surface area (Å²) < 4.78 is 19.3. The Hall–Kier alpha value is -2.11. The molecule has 4 nitrogen and oxygen atoms in total. The van der Waals surface area contributed by atoms with E-state index < -0.39 is 18.4 Å². The zero-order chi connectivity index (χ0) is 15.4. The lowest BCUT2D eigenvalue weighted by molar-refractivity contribution is -0.139. The van der Waals surface area contributed by atoms with E-state index in [9.17, 15) is 9.18 Å². The second-order valence-corrected chi connectivity index (χ2v) is 4.73. The lowest BCUT2D eigenvalue weighted by atomic mass is 10.0. The quantitative estimate of drug-likeness (QED) is 0.890. The average molecular weight is 311 g/mol. The molecule has 0 fully saturated rings. The van der Waals surface area contributed by atoms with E-state index in [0.717, 1.165) is 0 Å². The Morgan fingerprint density at radius 3 is 2.57 bits per heavy atom. The van der Waals surface area contributed by atoms with Crippen LogP contribution < -0.4 is 4.74 Å². The first-order valence-corrected chi connectivity index (χ1v) is 6.43. The molecular weight excluding hydrogens is 299 g/mol. The number of benzene rings is 2. The van der Waals surface area contributed by atoms with Gasteiger partial charge in [-0.1, -0.05) is 23.7 Å². The van der Waals surface area contributed by atoms with Crippen LogP contribution in [0.3, 0.4) is 0 Å². The zero-order valence-corrected chi connectivity index (χ0v) is 11.6. The number of carboxylic acids is 1. The van der Waals surface area contributed by atoms with E-state index in [1.54, 1.807) is 6.07 Å². The SMILES string of the molecule is O=C(O)COc1ccc(Cl)cc1-c1ccc(CO)cc1F. The van der Waals surface area contributed by atoms with Gasteiger partial charge in [-0.25, -0.2) is 9.18 Å². The van der Waals surface area contributed by atoms with E-state index in [4.69, 9.17) is 26.6 Å². The molecule has 0 atom stereocenters. The molecular formula is C15H12ClFO4. The molecule has 0 aliphatic rings. The molecule has 0 heterocycles. The third-order valence-corrected chi connectivity index (χ3v) is 3.03. The van der Waals surface area contributed by atoms with Gasteiger partial charge in [0.05, 0.1) is 6.61 Å². The molecule has 0 saturated heterocycles. The van der Waals surface area contributed by atoms with Crippen LogP contribution in [-0.4, -0.2) is 22.8 Å². The molecule has 0 aliphatic carbocycles. The second-order valence-electron chi connectivity index (χ2n) is 4.30. The maximum absolute atomic E-state index is 14.1. The molecule has 0 bridgehead atoms. The molecule has 6 heteroatoms. The van der Waals surface area contributed by atoms with E-state index in [0.29, 0.717) is 16.1 Å². The molecule has 110 valence electrons. The fourth-order valence-corrected chi connectivity index (χ4v) is 2.03. The van der Waals surface area contributed by atoms with Crippen LogP contribution in [-0.2, 0) is 11.4 Å². The van der Waals surface area contributed by atoms with E-state index in [2.05, 4.69) is 0 Å². The molecule has 2 rings (SSSR count). The maximum Gasteiger partial charge on any atom is 0.341 e. The lowest BCUT2D eigenvalue weighted by Gasteiger charge is -2.12. The highest BCUT2D eigenvalue weighted by molar-refractivity contribution is 6.31. The molecule has 2 aromatic rings. The van der Waals surface area contributed by atoms with Crippen LogP contribution in [0.15, 0.2) is 36.4 Å². The fraction of sp³-hybridized carbons (Fsp3) is 0.133. The number of hydrogen-bond acceptors (Lipinski definition) is 3. The average Bonchev–Trinajstić information content (AvgIpc) is 2.45. The smallest absolute Gasteiger partial charge is 0.341 e. The first kappa shape index (κ1) is 15.3. The molecule has 0 amide bonds. The summed E-state index contributed by atoms with van der Waals surface area (Å²) in [4.78, 5) is 10.6. The Morgan fingerprint density at radius 2 is 1.95 bits per heavy atom. The van der Waals surface area contributed by atoms with Crippen molar-refractivity contribution in [3.8, 4) is 16.9 Å². The summed E-state index contributed by atoms with van der Waals surface area (Å²) in [5, 5.41) is 18.0. The summed E-state index contributed by atoms with van der Waals surface area (Å²) >= 11 is 5.91. The maximum atomic E-state index is 14.1. The van der Waals surface area contributed by atoms with Crippen molar-refractivity contribution in [2.45, 2.75) is 6.61 Å². The highest BCUT2D eigenvalue weighted by Gasteiger charge is 2.13. The normalized spacial score (nSPS) is 10.4. The standard InChI is InChI=1S/C15H12ClFO4/c16-10-2-4-14(21-8-15(19)20)12(6-10)11-3-1-9(7-18)5-13(11)17/h1-6,18H,7-8H2,(H,19,20). The molecule has 2 aromatic carbocycles. The van der Waals surface area contributed by atoms with Gasteiger partial charge in [0.1, 0.15) is 11.6 Å². The molecule has 21 heavy (non-hydrogen) atoms. The van der Waals surface area contributed by atoms with Gasteiger partial charge >= 0.3 is 5.97 Å². The first-order chi connectivity index (χ1) is 10.0. The summed E-state index contributed by atoms with van der Waals surface area (Å²) in [6.07, 6.45) is 0. The van der Waals surface area contributed by atoms with Crippen LogP contribution in [0.25, 0.3) is 11.1 Å². The number of hydrogen-bond donors (Lipinski definition) is 2. The Labute approximate surface area is 125 Å². The molecule has 2 N–H and O–H groups in total. The van der Waals surface area contributed by atoms with Gasteiger partial charge in [-0.05, 0) is 29.8 Å². The van der Waals surface area contributed by atoms with Gasteiger partial charge in [0.15, 0.2) is 6.61 Å². The van der Waals surface area contributed by atoms with Crippen molar-refractivity contribution in [1.82, 2.24) is 0 Å². The van der Waals surface area contributed by atoms with E-state index in [1.165, 1.54) is 30.3 Å². The number of ether oxygens (including phenoxy) is 1. The minimum absolute atomic E-state index is 0.218. The highest BCUT2D eigenvalue weighted by Crippen LogP contribution is 2.34. The van der Waals surface area contributed by atoms with Crippen LogP contribution in [0, 0.1) is 5.82 Å². The minimum atomic E-state index is -1.13. The molecule has 0 spiro atoms. The summed E-state index contributed by atoms with van der Waals surface area (Å²) in [5.41, 5.74) is 1.01. The van der Waals surface area contributed by atoms with Crippen molar-refractivity contribution >= 4 is 17.6 Å². The number of halogens is 2. The van der Waals surface area contributed by atoms with Crippen LogP contribution >= 0.6 is 11.6 Å². The van der Waals surface area contributed by atoms with Crippen LogP contribution in [0.2, 0.25) is 5.02 Å². The Morgan fingerprint density at radius 1 is 1.19 bits per heavy atom. The van der Waals surface area contributed by atoms with Crippen molar-refractivity contribution in [3.05, 3.63) is 52.8 Å². The molecule has 0 saturated carbocycles. The van der Waals surface area contributed by atoms with Gasteiger partial charge in [-0.3, -0.25) is 0 Å². The topological polar surface area (TPSA) is 66.8 Å². The van der Waals surface area contributed by atoms with Gasteiger partial charge in [-0.15, -0.1) is 0 Å². The van der Waals surface area contributed by atoms with E-state index >= 15 is 0 Å². The van der Waals surface area contributed by atoms with Crippen molar-refractivity contribution in [2.24, 2.45) is 0 Å². The van der Waals surface area contributed by atoms with Crippen LogP contribution in [0.5, 0.6) is 5.75 Å². The Balaban J connectivity index is 2.46. The number of carbonyl (C=O) groups is 1. The minimum Gasteiger partial charge on any atom is -0.481 e. The zero-order valence-electron chi connectivity index (χ0n) is 10.8. The summed E-state index contributed by atoms with van der Waals surface area (Å²) in [6.45, 7) is -0.805. The van der Waals surface area contributed by atoms with Crippen LogP contribution in [0.4, 0.5) is 4.39 Å².